The van der Waals surface area contributed by atoms with E-state index in [2.05, 4.69) is 36.5 Å². The van der Waals surface area contributed by atoms with Crippen molar-refractivity contribution in [1.82, 2.24) is 5.32 Å². The van der Waals surface area contributed by atoms with Gasteiger partial charge in [-0.25, -0.2) is 0 Å². The number of hydrogen-bond acceptors (Lipinski definition) is 3. The van der Waals surface area contributed by atoms with Crippen molar-refractivity contribution < 1.29 is 4.74 Å². The van der Waals surface area contributed by atoms with Crippen LogP contribution in [-0.4, -0.2) is 31.6 Å². The molecule has 1 unspecified atom stereocenters. The van der Waals surface area contributed by atoms with Gasteiger partial charge in [-0.05, 0) is 36.3 Å². The van der Waals surface area contributed by atoms with E-state index in [1.807, 2.05) is 11.8 Å². The fraction of sp³-hybridized carbons (Fsp3) is 0.571. The van der Waals surface area contributed by atoms with E-state index in [1.165, 1.54) is 16.9 Å². The summed E-state index contributed by atoms with van der Waals surface area (Å²) in [4.78, 5) is 1.37. The Labute approximate surface area is 108 Å². The molecule has 3 heteroatoms. The normalized spacial score (nSPS) is 20.4. The standard InChI is InChI=1S/C14H21NOS/c1-2-17-14-7-4-12(5-8-14)3-6-13-11-16-10-9-15-13/h4-5,7-8,13,15H,2-3,6,9-11H2,1H3. The molecule has 1 aromatic rings. The first kappa shape index (κ1) is 12.9. The van der Waals surface area contributed by atoms with E-state index in [0.29, 0.717) is 6.04 Å². The molecule has 1 aromatic carbocycles. The zero-order valence-electron chi connectivity index (χ0n) is 10.4. The number of morpholine rings is 1. The summed E-state index contributed by atoms with van der Waals surface area (Å²) in [6.07, 6.45) is 2.30. The van der Waals surface area contributed by atoms with Crippen molar-refractivity contribution in [3.05, 3.63) is 29.8 Å². The molecule has 1 saturated heterocycles. The van der Waals surface area contributed by atoms with Gasteiger partial charge in [-0.3, -0.25) is 0 Å². The number of benzene rings is 1. The van der Waals surface area contributed by atoms with Gasteiger partial charge in [0.25, 0.3) is 0 Å². The van der Waals surface area contributed by atoms with E-state index in [-0.39, 0.29) is 0 Å². The van der Waals surface area contributed by atoms with Crippen LogP contribution in [0.5, 0.6) is 0 Å². The van der Waals surface area contributed by atoms with Crippen molar-refractivity contribution in [2.75, 3.05) is 25.5 Å². The molecule has 1 N–H and O–H groups in total. The predicted molar refractivity (Wildman–Crippen MR) is 73.8 cm³/mol. The van der Waals surface area contributed by atoms with E-state index in [0.717, 1.165) is 31.9 Å². The molecule has 1 heterocycles. The predicted octanol–water partition coefficient (Wildman–Crippen LogP) is 2.72. The third-order valence-corrected chi connectivity index (χ3v) is 3.91. The molecule has 0 spiro atoms. The van der Waals surface area contributed by atoms with Crippen LogP contribution in [0.1, 0.15) is 18.9 Å². The zero-order valence-corrected chi connectivity index (χ0v) is 11.3. The number of nitrogens with one attached hydrogen (secondary N) is 1. The lowest BCUT2D eigenvalue weighted by Crippen LogP contribution is -2.41. The van der Waals surface area contributed by atoms with E-state index < -0.39 is 0 Å². The molecule has 2 nitrogen and oxygen atoms in total. The van der Waals surface area contributed by atoms with Crippen LogP contribution in [0.15, 0.2) is 29.2 Å². The van der Waals surface area contributed by atoms with Crippen LogP contribution >= 0.6 is 11.8 Å². The van der Waals surface area contributed by atoms with Crippen LogP contribution < -0.4 is 5.32 Å². The summed E-state index contributed by atoms with van der Waals surface area (Å²) >= 11 is 1.90. The Bertz CT molecular complexity index is 319. The lowest BCUT2D eigenvalue weighted by Gasteiger charge is -2.23. The first-order valence-corrected chi connectivity index (χ1v) is 7.40. The molecule has 2 rings (SSSR count). The van der Waals surface area contributed by atoms with E-state index >= 15 is 0 Å². The second-order valence-corrected chi connectivity index (χ2v) is 5.68. The van der Waals surface area contributed by atoms with E-state index in [9.17, 15) is 0 Å². The summed E-state index contributed by atoms with van der Waals surface area (Å²) in [5.74, 6) is 1.14. The molecular weight excluding hydrogens is 230 g/mol. The van der Waals surface area contributed by atoms with Gasteiger partial charge in [0.05, 0.1) is 13.2 Å². The largest absolute Gasteiger partial charge is 0.379 e. The van der Waals surface area contributed by atoms with E-state index in [1.54, 1.807) is 0 Å². The average Bonchev–Trinajstić information content (AvgIpc) is 2.40. The van der Waals surface area contributed by atoms with Crippen molar-refractivity contribution >= 4 is 11.8 Å². The summed E-state index contributed by atoms with van der Waals surface area (Å²) in [5.41, 5.74) is 1.43. The average molecular weight is 251 g/mol. The van der Waals surface area contributed by atoms with Crippen molar-refractivity contribution in [2.24, 2.45) is 0 Å². The maximum atomic E-state index is 5.46. The minimum absolute atomic E-state index is 0.536. The highest BCUT2D eigenvalue weighted by Crippen LogP contribution is 2.18. The van der Waals surface area contributed by atoms with Gasteiger partial charge in [-0.1, -0.05) is 19.1 Å². The Morgan fingerprint density at radius 3 is 2.82 bits per heavy atom. The smallest absolute Gasteiger partial charge is 0.0620 e. The van der Waals surface area contributed by atoms with Gasteiger partial charge < -0.3 is 10.1 Å². The zero-order chi connectivity index (χ0) is 11.9. The van der Waals surface area contributed by atoms with Crippen LogP contribution in [0.25, 0.3) is 0 Å². The van der Waals surface area contributed by atoms with Crippen LogP contribution in [0.2, 0.25) is 0 Å². The fourth-order valence-corrected chi connectivity index (χ4v) is 2.73. The Morgan fingerprint density at radius 1 is 1.35 bits per heavy atom. The molecule has 1 atom stereocenters. The van der Waals surface area contributed by atoms with Gasteiger partial charge in [-0.2, -0.15) is 0 Å². The molecule has 0 amide bonds. The maximum Gasteiger partial charge on any atom is 0.0620 e. The second kappa shape index (κ2) is 7.04. The van der Waals surface area contributed by atoms with Crippen LogP contribution in [0.4, 0.5) is 0 Å². The molecule has 0 saturated carbocycles. The molecule has 17 heavy (non-hydrogen) atoms. The van der Waals surface area contributed by atoms with Gasteiger partial charge in [0.2, 0.25) is 0 Å². The summed E-state index contributed by atoms with van der Waals surface area (Å²) in [5, 5.41) is 3.49. The van der Waals surface area contributed by atoms with E-state index in [4.69, 9.17) is 4.74 Å². The van der Waals surface area contributed by atoms with Crippen LogP contribution in [0, 0.1) is 0 Å². The second-order valence-electron chi connectivity index (χ2n) is 4.34. The highest BCUT2D eigenvalue weighted by atomic mass is 32.2. The van der Waals surface area contributed by atoms with Crippen LogP contribution in [0.3, 0.4) is 0 Å². The van der Waals surface area contributed by atoms with Gasteiger partial charge >= 0.3 is 0 Å². The fourth-order valence-electron chi connectivity index (χ4n) is 2.07. The highest BCUT2D eigenvalue weighted by Gasteiger charge is 2.12. The van der Waals surface area contributed by atoms with Gasteiger partial charge in [0, 0.05) is 17.5 Å². The van der Waals surface area contributed by atoms with Gasteiger partial charge in [-0.15, -0.1) is 11.8 Å². The SMILES string of the molecule is CCSc1ccc(CCC2COCCN2)cc1. The lowest BCUT2D eigenvalue weighted by molar-refractivity contribution is 0.0743. The molecule has 1 fully saturated rings. The minimum Gasteiger partial charge on any atom is -0.379 e. The summed E-state index contributed by atoms with van der Waals surface area (Å²) < 4.78 is 5.46. The first-order valence-electron chi connectivity index (χ1n) is 6.41. The molecule has 0 bridgehead atoms. The van der Waals surface area contributed by atoms with Crippen LogP contribution in [-0.2, 0) is 11.2 Å². The Morgan fingerprint density at radius 2 is 2.18 bits per heavy atom. The molecule has 0 aliphatic carbocycles. The quantitative estimate of drug-likeness (QED) is 0.813. The third kappa shape index (κ3) is 4.34. The number of thioether (sulfide) groups is 1. The molecule has 94 valence electrons. The van der Waals surface area contributed by atoms with Crippen molar-refractivity contribution in [3.8, 4) is 0 Å². The molecule has 0 aromatic heterocycles. The molecular formula is C14H21NOS. The third-order valence-electron chi connectivity index (χ3n) is 3.01. The van der Waals surface area contributed by atoms with Gasteiger partial charge in [0.15, 0.2) is 0 Å². The Kier molecular flexibility index (Phi) is 5.36. The summed E-state index contributed by atoms with van der Waals surface area (Å²) in [6.45, 7) is 4.91. The maximum absolute atomic E-state index is 5.46. The molecule has 0 radical (unpaired) electrons. The minimum atomic E-state index is 0.536. The monoisotopic (exact) mass is 251 g/mol. The van der Waals surface area contributed by atoms with Crippen molar-refractivity contribution in [2.45, 2.75) is 30.7 Å². The molecule has 1 aliphatic heterocycles. The molecule has 1 aliphatic rings. The number of rotatable bonds is 5. The summed E-state index contributed by atoms with van der Waals surface area (Å²) in [6, 6.07) is 9.50. The number of aryl methyl sites for hydroxylation is 1. The Hall–Kier alpha value is -0.510. The Balaban J connectivity index is 1.77. The first-order chi connectivity index (χ1) is 8.38. The number of ether oxygens (including phenoxy) is 1. The highest BCUT2D eigenvalue weighted by molar-refractivity contribution is 7.99. The van der Waals surface area contributed by atoms with Gasteiger partial charge in [0.1, 0.15) is 0 Å². The number of hydrogen-bond donors (Lipinski definition) is 1. The lowest BCUT2D eigenvalue weighted by atomic mass is 10.1. The summed E-state index contributed by atoms with van der Waals surface area (Å²) in [7, 11) is 0. The van der Waals surface area contributed by atoms with Crippen molar-refractivity contribution in [3.63, 3.8) is 0 Å². The topological polar surface area (TPSA) is 21.3 Å². The van der Waals surface area contributed by atoms with Crippen molar-refractivity contribution in [1.29, 1.82) is 0 Å².